The number of likely N-dealkylation sites (N-methyl/N-ethyl adjacent to an activating group) is 1. The zero-order valence-electron chi connectivity index (χ0n) is 16.0. The van der Waals surface area contributed by atoms with Gasteiger partial charge >= 0.3 is 0 Å². The Bertz CT molecular complexity index is 731. The van der Waals surface area contributed by atoms with Crippen LogP contribution in [0.15, 0.2) is 36.7 Å². The zero-order valence-corrected chi connectivity index (χ0v) is 16.0. The highest BCUT2D eigenvalue weighted by atomic mass is 16.7. The Morgan fingerprint density at radius 1 is 1.00 bits per heavy atom. The van der Waals surface area contributed by atoms with Crippen LogP contribution in [0, 0.1) is 0 Å². The Morgan fingerprint density at radius 3 is 2.70 bits per heavy atom. The highest BCUT2D eigenvalue weighted by Gasteiger charge is 2.16. The van der Waals surface area contributed by atoms with E-state index in [0.717, 1.165) is 74.9 Å². The van der Waals surface area contributed by atoms with Gasteiger partial charge in [-0.2, -0.15) is 0 Å². The second-order valence-electron chi connectivity index (χ2n) is 7.34. The van der Waals surface area contributed by atoms with Gasteiger partial charge in [0.1, 0.15) is 17.9 Å². The molecule has 4 rings (SSSR count). The minimum atomic E-state index is -0.114. The van der Waals surface area contributed by atoms with Crippen molar-refractivity contribution in [1.82, 2.24) is 14.9 Å². The molecule has 1 aromatic carbocycles. The van der Waals surface area contributed by atoms with E-state index in [0.29, 0.717) is 0 Å². The van der Waals surface area contributed by atoms with E-state index in [9.17, 15) is 0 Å². The predicted octanol–water partition coefficient (Wildman–Crippen LogP) is 3.19. The molecule has 2 saturated heterocycles. The summed E-state index contributed by atoms with van der Waals surface area (Å²) in [5.74, 6) is 1.85. The van der Waals surface area contributed by atoms with E-state index < -0.39 is 0 Å². The molecule has 0 aliphatic carbocycles. The average Bonchev–Trinajstić information content (AvgIpc) is 2.94. The van der Waals surface area contributed by atoms with Gasteiger partial charge in [-0.15, -0.1) is 0 Å². The molecule has 6 heteroatoms. The van der Waals surface area contributed by atoms with Crippen molar-refractivity contribution in [3.63, 3.8) is 0 Å². The highest BCUT2D eigenvalue weighted by Crippen LogP contribution is 2.25. The van der Waals surface area contributed by atoms with Gasteiger partial charge in [-0.25, -0.2) is 9.97 Å². The van der Waals surface area contributed by atoms with Crippen molar-refractivity contribution in [3.05, 3.63) is 36.7 Å². The SMILES string of the molecule is CN1CCCN(c2cc(-c3ccc(OC4CCCCO4)cc3)ncn2)CC1. The molecule has 0 N–H and O–H groups in total. The third-order valence-electron chi connectivity index (χ3n) is 5.25. The summed E-state index contributed by atoms with van der Waals surface area (Å²) in [7, 11) is 2.18. The first-order valence-electron chi connectivity index (χ1n) is 9.92. The van der Waals surface area contributed by atoms with E-state index in [4.69, 9.17) is 9.47 Å². The summed E-state index contributed by atoms with van der Waals surface area (Å²) in [5.41, 5.74) is 2.01. The third-order valence-corrected chi connectivity index (χ3v) is 5.25. The molecule has 1 aromatic heterocycles. The van der Waals surface area contributed by atoms with E-state index in [1.54, 1.807) is 6.33 Å². The zero-order chi connectivity index (χ0) is 18.5. The largest absolute Gasteiger partial charge is 0.465 e. The molecule has 1 unspecified atom stereocenters. The summed E-state index contributed by atoms with van der Waals surface area (Å²) >= 11 is 0. The molecule has 0 saturated carbocycles. The lowest BCUT2D eigenvalue weighted by Gasteiger charge is -2.23. The molecule has 2 aliphatic rings. The average molecular weight is 368 g/mol. The Kier molecular flexibility index (Phi) is 5.84. The van der Waals surface area contributed by atoms with Crippen molar-refractivity contribution in [1.29, 1.82) is 0 Å². The number of hydrogen-bond donors (Lipinski definition) is 0. The van der Waals surface area contributed by atoms with Crippen LogP contribution < -0.4 is 9.64 Å². The fraction of sp³-hybridized carbons (Fsp3) is 0.524. The van der Waals surface area contributed by atoms with Gasteiger partial charge in [-0.3, -0.25) is 0 Å². The summed E-state index contributed by atoms with van der Waals surface area (Å²) in [6, 6.07) is 10.2. The van der Waals surface area contributed by atoms with Crippen LogP contribution in [0.1, 0.15) is 25.7 Å². The van der Waals surface area contributed by atoms with E-state index in [1.165, 1.54) is 6.42 Å². The number of nitrogens with zero attached hydrogens (tertiary/aromatic N) is 4. The van der Waals surface area contributed by atoms with Crippen molar-refractivity contribution in [2.24, 2.45) is 0 Å². The Morgan fingerprint density at radius 2 is 1.89 bits per heavy atom. The molecule has 0 bridgehead atoms. The second kappa shape index (κ2) is 8.67. The van der Waals surface area contributed by atoms with E-state index in [2.05, 4.69) is 45.0 Å². The minimum absolute atomic E-state index is 0.114. The van der Waals surface area contributed by atoms with Crippen LogP contribution >= 0.6 is 0 Å². The maximum absolute atomic E-state index is 5.92. The van der Waals surface area contributed by atoms with Crippen LogP contribution in [-0.2, 0) is 4.74 Å². The fourth-order valence-electron chi connectivity index (χ4n) is 3.61. The Labute approximate surface area is 161 Å². The van der Waals surface area contributed by atoms with Crippen LogP contribution in [0.4, 0.5) is 5.82 Å². The van der Waals surface area contributed by atoms with E-state index in [1.807, 2.05) is 12.1 Å². The molecular weight excluding hydrogens is 340 g/mol. The molecule has 0 radical (unpaired) electrons. The maximum atomic E-state index is 5.92. The van der Waals surface area contributed by atoms with Crippen LogP contribution in [-0.4, -0.2) is 61.0 Å². The van der Waals surface area contributed by atoms with Crippen molar-refractivity contribution >= 4 is 5.82 Å². The van der Waals surface area contributed by atoms with Gasteiger partial charge < -0.3 is 19.3 Å². The van der Waals surface area contributed by atoms with E-state index in [-0.39, 0.29) is 6.29 Å². The number of aromatic nitrogens is 2. The normalized spacial score (nSPS) is 21.7. The summed E-state index contributed by atoms with van der Waals surface area (Å²) in [5, 5.41) is 0. The Hall–Kier alpha value is -2.18. The molecule has 6 nitrogen and oxygen atoms in total. The third kappa shape index (κ3) is 4.76. The minimum Gasteiger partial charge on any atom is -0.465 e. The van der Waals surface area contributed by atoms with Crippen LogP contribution in [0.5, 0.6) is 5.75 Å². The van der Waals surface area contributed by atoms with Gasteiger partial charge in [0.25, 0.3) is 0 Å². The Balaban J connectivity index is 1.45. The van der Waals surface area contributed by atoms with Gasteiger partial charge in [-0.05, 0) is 57.1 Å². The standard InChI is InChI=1S/C21H28N4O2/c1-24-10-4-11-25(13-12-24)20-15-19(22-16-23-20)17-6-8-18(9-7-17)27-21-5-2-3-14-26-21/h6-9,15-16,21H,2-5,10-14H2,1H3. The monoisotopic (exact) mass is 368 g/mol. The summed E-state index contributed by atoms with van der Waals surface area (Å²) in [4.78, 5) is 13.7. The first kappa shape index (κ1) is 18.2. The van der Waals surface area contributed by atoms with Gasteiger partial charge in [0.05, 0.1) is 12.3 Å². The molecule has 2 fully saturated rings. The molecule has 3 heterocycles. The van der Waals surface area contributed by atoms with Gasteiger partial charge in [-0.1, -0.05) is 0 Å². The van der Waals surface area contributed by atoms with Crippen LogP contribution in [0.3, 0.4) is 0 Å². The smallest absolute Gasteiger partial charge is 0.199 e. The molecular formula is C21H28N4O2. The number of rotatable bonds is 4. The van der Waals surface area contributed by atoms with Gasteiger partial charge in [0.2, 0.25) is 0 Å². The fourth-order valence-corrected chi connectivity index (χ4v) is 3.61. The van der Waals surface area contributed by atoms with Crippen molar-refractivity contribution in [2.45, 2.75) is 32.0 Å². The summed E-state index contributed by atoms with van der Waals surface area (Å²) in [6.07, 6.45) is 5.96. The molecule has 27 heavy (non-hydrogen) atoms. The molecule has 2 aromatic rings. The number of hydrogen-bond acceptors (Lipinski definition) is 6. The molecule has 2 aliphatic heterocycles. The lowest BCUT2D eigenvalue weighted by Crippen LogP contribution is -2.29. The van der Waals surface area contributed by atoms with Gasteiger partial charge in [0, 0.05) is 37.7 Å². The molecule has 0 spiro atoms. The highest BCUT2D eigenvalue weighted by molar-refractivity contribution is 5.63. The van der Waals surface area contributed by atoms with E-state index >= 15 is 0 Å². The number of anilines is 1. The molecule has 144 valence electrons. The lowest BCUT2D eigenvalue weighted by atomic mass is 10.1. The summed E-state index contributed by atoms with van der Waals surface area (Å²) < 4.78 is 11.6. The van der Waals surface area contributed by atoms with Crippen molar-refractivity contribution < 1.29 is 9.47 Å². The predicted molar refractivity (Wildman–Crippen MR) is 106 cm³/mol. The summed E-state index contributed by atoms with van der Waals surface area (Å²) in [6.45, 7) is 5.03. The first-order valence-corrected chi connectivity index (χ1v) is 9.92. The second-order valence-corrected chi connectivity index (χ2v) is 7.34. The maximum Gasteiger partial charge on any atom is 0.199 e. The van der Waals surface area contributed by atoms with Gasteiger partial charge in [0.15, 0.2) is 6.29 Å². The topological polar surface area (TPSA) is 50.7 Å². The molecule has 0 amide bonds. The van der Waals surface area contributed by atoms with Crippen molar-refractivity contribution in [2.75, 3.05) is 44.7 Å². The van der Waals surface area contributed by atoms with Crippen LogP contribution in [0.2, 0.25) is 0 Å². The molecule has 1 atom stereocenters. The van der Waals surface area contributed by atoms with Crippen molar-refractivity contribution in [3.8, 4) is 17.0 Å². The lowest BCUT2D eigenvalue weighted by molar-refractivity contribution is -0.105. The quantitative estimate of drug-likeness (QED) is 0.826. The number of benzene rings is 1. The number of ether oxygens (including phenoxy) is 2. The van der Waals surface area contributed by atoms with Crippen LogP contribution in [0.25, 0.3) is 11.3 Å². The first-order chi connectivity index (χ1) is 13.3.